The number of anilines is 1. The number of carbonyl (C=O) groups is 1. The third-order valence-electron chi connectivity index (χ3n) is 2.62. The smallest absolute Gasteiger partial charge is 0.343 e. The molecule has 0 amide bonds. The minimum atomic E-state index is -0.495. The van der Waals surface area contributed by atoms with Gasteiger partial charge in [-0.2, -0.15) is 5.10 Å². The first-order chi connectivity index (χ1) is 9.11. The molecule has 0 atom stereocenters. The van der Waals surface area contributed by atoms with Crippen molar-refractivity contribution in [3.05, 3.63) is 47.4 Å². The summed E-state index contributed by atoms with van der Waals surface area (Å²) >= 11 is 0. The number of benzene rings is 1. The number of hydrogen-bond acceptors (Lipinski definition) is 4. The van der Waals surface area contributed by atoms with Crippen molar-refractivity contribution < 1.29 is 13.9 Å². The number of nitrogens with two attached hydrogens (primary N) is 1. The molecular formula is C13H14FN3O2. The lowest BCUT2D eigenvalue weighted by atomic mass is 10.2. The van der Waals surface area contributed by atoms with Crippen LogP contribution >= 0.6 is 0 Å². The molecule has 0 saturated heterocycles. The first-order valence-electron chi connectivity index (χ1n) is 5.84. The molecule has 1 heterocycles. The van der Waals surface area contributed by atoms with Crippen LogP contribution in [0.25, 0.3) is 0 Å². The molecule has 0 spiro atoms. The lowest BCUT2D eigenvalue weighted by Gasteiger charge is -2.05. The second-order valence-electron chi connectivity index (χ2n) is 3.95. The molecule has 0 unspecified atom stereocenters. The Morgan fingerprint density at radius 2 is 2.11 bits per heavy atom. The summed E-state index contributed by atoms with van der Waals surface area (Å²) in [4.78, 5) is 11.6. The third-order valence-corrected chi connectivity index (χ3v) is 2.62. The van der Waals surface area contributed by atoms with E-state index in [1.54, 1.807) is 19.1 Å². The van der Waals surface area contributed by atoms with Crippen LogP contribution in [0.2, 0.25) is 0 Å². The molecule has 0 aliphatic carbocycles. The van der Waals surface area contributed by atoms with Crippen LogP contribution in [0.4, 0.5) is 10.2 Å². The lowest BCUT2D eigenvalue weighted by Crippen LogP contribution is -2.10. The minimum Gasteiger partial charge on any atom is -0.462 e. The van der Waals surface area contributed by atoms with Crippen LogP contribution in [0, 0.1) is 5.82 Å². The average Bonchev–Trinajstić information content (AvgIpc) is 2.74. The van der Waals surface area contributed by atoms with Crippen molar-refractivity contribution in [3.63, 3.8) is 0 Å². The number of nitrogen functional groups attached to an aromatic ring is 1. The van der Waals surface area contributed by atoms with Crippen LogP contribution < -0.4 is 5.73 Å². The molecule has 0 aliphatic heterocycles. The maximum Gasteiger partial charge on any atom is 0.343 e. The molecule has 0 radical (unpaired) electrons. The number of rotatable bonds is 4. The number of aromatic nitrogens is 2. The van der Waals surface area contributed by atoms with E-state index in [0.29, 0.717) is 6.54 Å². The van der Waals surface area contributed by atoms with Gasteiger partial charge in [0.05, 0.1) is 19.3 Å². The monoisotopic (exact) mass is 263 g/mol. The van der Waals surface area contributed by atoms with Crippen molar-refractivity contribution in [2.75, 3.05) is 12.3 Å². The average molecular weight is 263 g/mol. The fraction of sp³-hybridized carbons (Fsp3) is 0.231. The van der Waals surface area contributed by atoms with E-state index in [1.165, 1.54) is 23.0 Å². The van der Waals surface area contributed by atoms with Gasteiger partial charge in [-0.3, -0.25) is 0 Å². The molecule has 2 N–H and O–H groups in total. The highest BCUT2D eigenvalue weighted by atomic mass is 19.1. The van der Waals surface area contributed by atoms with Crippen molar-refractivity contribution in [2.24, 2.45) is 0 Å². The van der Waals surface area contributed by atoms with E-state index in [9.17, 15) is 9.18 Å². The molecule has 2 aromatic rings. The molecule has 0 saturated carbocycles. The van der Waals surface area contributed by atoms with Crippen molar-refractivity contribution >= 4 is 11.8 Å². The van der Waals surface area contributed by atoms with Gasteiger partial charge in [0.1, 0.15) is 17.2 Å². The van der Waals surface area contributed by atoms with E-state index in [4.69, 9.17) is 10.5 Å². The van der Waals surface area contributed by atoms with Crippen LogP contribution in [0.5, 0.6) is 0 Å². The van der Waals surface area contributed by atoms with Gasteiger partial charge in [0, 0.05) is 0 Å². The van der Waals surface area contributed by atoms with Crippen molar-refractivity contribution in [1.82, 2.24) is 9.78 Å². The van der Waals surface area contributed by atoms with Gasteiger partial charge in [-0.25, -0.2) is 13.9 Å². The Morgan fingerprint density at radius 3 is 2.74 bits per heavy atom. The summed E-state index contributed by atoms with van der Waals surface area (Å²) in [7, 11) is 0. The van der Waals surface area contributed by atoms with Crippen LogP contribution in [-0.2, 0) is 11.3 Å². The third kappa shape index (κ3) is 2.90. The molecule has 0 fully saturated rings. The van der Waals surface area contributed by atoms with Gasteiger partial charge >= 0.3 is 5.97 Å². The molecular weight excluding hydrogens is 249 g/mol. The second kappa shape index (κ2) is 5.51. The maximum absolute atomic E-state index is 12.8. The summed E-state index contributed by atoms with van der Waals surface area (Å²) in [6, 6.07) is 6.00. The fourth-order valence-corrected chi connectivity index (χ4v) is 1.65. The SMILES string of the molecule is CCOC(=O)c1cnn(Cc2ccc(F)cc2)c1N. The van der Waals surface area contributed by atoms with E-state index in [2.05, 4.69) is 5.10 Å². The Morgan fingerprint density at radius 1 is 1.42 bits per heavy atom. The number of hydrogen-bond donors (Lipinski definition) is 1. The highest BCUT2D eigenvalue weighted by molar-refractivity contribution is 5.93. The molecule has 1 aromatic heterocycles. The molecule has 1 aromatic carbocycles. The number of carbonyl (C=O) groups excluding carboxylic acids is 1. The first-order valence-corrected chi connectivity index (χ1v) is 5.84. The topological polar surface area (TPSA) is 70.1 Å². The molecule has 2 rings (SSSR count). The first kappa shape index (κ1) is 13.1. The van der Waals surface area contributed by atoms with Crippen LogP contribution in [0.1, 0.15) is 22.8 Å². The van der Waals surface area contributed by atoms with Gasteiger partial charge in [-0.15, -0.1) is 0 Å². The summed E-state index contributed by atoms with van der Waals surface area (Å²) in [6.07, 6.45) is 1.37. The van der Waals surface area contributed by atoms with Gasteiger partial charge in [0.15, 0.2) is 0 Å². The Balaban J connectivity index is 2.18. The predicted molar refractivity (Wildman–Crippen MR) is 68.1 cm³/mol. The van der Waals surface area contributed by atoms with Gasteiger partial charge in [-0.1, -0.05) is 12.1 Å². The zero-order valence-electron chi connectivity index (χ0n) is 10.5. The summed E-state index contributed by atoms with van der Waals surface area (Å²) in [5.74, 6) is -0.558. The van der Waals surface area contributed by atoms with Gasteiger partial charge in [-0.05, 0) is 24.6 Å². The largest absolute Gasteiger partial charge is 0.462 e. The van der Waals surface area contributed by atoms with Gasteiger partial charge < -0.3 is 10.5 Å². The molecule has 0 bridgehead atoms. The molecule has 5 nitrogen and oxygen atoms in total. The van der Waals surface area contributed by atoms with E-state index >= 15 is 0 Å². The summed E-state index contributed by atoms with van der Waals surface area (Å²) in [6.45, 7) is 2.37. The number of ether oxygens (including phenoxy) is 1. The Labute approximate surface area is 109 Å². The van der Waals surface area contributed by atoms with Crippen LogP contribution in [-0.4, -0.2) is 22.4 Å². The zero-order chi connectivity index (χ0) is 13.8. The van der Waals surface area contributed by atoms with E-state index < -0.39 is 5.97 Å². The van der Waals surface area contributed by atoms with Crippen molar-refractivity contribution in [1.29, 1.82) is 0 Å². The van der Waals surface area contributed by atoms with E-state index in [-0.39, 0.29) is 23.8 Å². The summed E-state index contributed by atoms with van der Waals surface area (Å²) in [5.41, 5.74) is 6.92. The molecule has 6 heteroatoms. The van der Waals surface area contributed by atoms with Crippen LogP contribution in [0.15, 0.2) is 30.5 Å². The lowest BCUT2D eigenvalue weighted by molar-refractivity contribution is 0.0527. The Hall–Kier alpha value is -2.37. The number of esters is 1. The van der Waals surface area contributed by atoms with Gasteiger partial charge in [0.2, 0.25) is 0 Å². The number of halogens is 1. The van der Waals surface area contributed by atoms with Crippen molar-refractivity contribution in [3.8, 4) is 0 Å². The van der Waals surface area contributed by atoms with Gasteiger partial charge in [0.25, 0.3) is 0 Å². The maximum atomic E-state index is 12.8. The summed E-state index contributed by atoms with van der Waals surface area (Å²) in [5, 5.41) is 4.03. The second-order valence-corrected chi connectivity index (χ2v) is 3.95. The normalized spacial score (nSPS) is 10.4. The fourth-order valence-electron chi connectivity index (χ4n) is 1.65. The zero-order valence-corrected chi connectivity index (χ0v) is 10.5. The predicted octanol–water partition coefficient (Wildman–Crippen LogP) is 1.83. The van der Waals surface area contributed by atoms with Crippen LogP contribution in [0.3, 0.4) is 0 Å². The standard InChI is InChI=1S/C13H14FN3O2/c1-2-19-13(18)11-7-16-17(12(11)15)8-9-3-5-10(14)6-4-9/h3-7H,2,8,15H2,1H3. The van der Waals surface area contributed by atoms with E-state index in [0.717, 1.165) is 5.56 Å². The molecule has 19 heavy (non-hydrogen) atoms. The number of nitrogens with zero attached hydrogens (tertiary/aromatic N) is 2. The Kier molecular flexibility index (Phi) is 3.79. The highest BCUT2D eigenvalue weighted by Gasteiger charge is 2.16. The highest BCUT2D eigenvalue weighted by Crippen LogP contribution is 2.14. The quantitative estimate of drug-likeness (QED) is 0.854. The minimum absolute atomic E-state index is 0.239. The van der Waals surface area contributed by atoms with Crippen molar-refractivity contribution in [2.45, 2.75) is 13.5 Å². The molecule has 0 aliphatic rings. The molecule has 100 valence electrons. The summed E-state index contributed by atoms with van der Waals surface area (Å²) < 4.78 is 19.1. The Bertz CT molecular complexity index is 578. The van der Waals surface area contributed by atoms with E-state index in [1.807, 2.05) is 0 Å².